The van der Waals surface area contributed by atoms with Crippen LogP contribution in [0.1, 0.15) is 29.4 Å². The Morgan fingerprint density at radius 2 is 2.07 bits per heavy atom. The molecule has 0 amide bonds. The second-order valence-electron chi connectivity index (χ2n) is 7.18. The predicted molar refractivity (Wildman–Crippen MR) is 110 cm³/mol. The first-order valence-electron chi connectivity index (χ1n) is 9.99. The topological polar surface area (TPSA) is 88.9 Å². The molecule has 0 saturated carbocycles. The van der Waals surface area contributed by atoms with Crippen LogP contribution in [0.4, 0.5) is 15.9 Å². The average Bonchev–Trinajstić information content (AvgIpc) is 3.07. The molecule has 1 aromatic carbocycles. The van der Waals surface area contributed by atoms with Crippen molar-refractivity contribution in [3.63, 3.8) is 0 Å². The number of ether oxygens (including phenoxy) is 1. The molecule has 0 spiro atoms. The highest BCUT2D eigenvalue weighted by molar-refractivity contribution is 5.69. The fourth-order valence-corrected chi connectivity index (χ4v) is 3.89. The Balaban J connectivity index is 1.83. The van der Waals surface area contributed by atoms with Crippen molar-refractivity contribution >= 4 is 17.2 Å². The van der Waals surface area contributed by atoms with Gasteiger partial charge in [0.1, 0.15) is 5.82 Å². The van der Waals surface area contributed by atoms with E-state index in [1.807, 2.05) is 19.1 Å². The highest BCUT2D eigenvalue weighted by Gasteiger charge is 2.21. The van der Waals surface area contributed by atoms with Gasteiger partial charge in [-0.05, 0) is 23.6 Å². The van der Waals surface area contributed by atoms with E-state index in [1.165, 1.54) is 6.07 Å². The molecule has 2 aromatic heterocycles. The number of rotatable bonds is 6. The van der Waals surface area contributed by atoms with Gasteiger partial charge in [0.25, 0.3) is 0 Å². The van der Waals surface area contributed by atoms with Crippen molar-refractivity contribution in [2.45, 2.75) is 26.2 Å². The lowest BCUT2D eigenvalue weighted by Crippen LogP contribution is -2.37. The highest BCUT2D eigenvalue weighted by atomic mass is 19.1. The van der Waals surface area contributed by atoms with E-state index >= 15 is 0 Å². The van der Waals surface area contributed by atoms with Gasteiger partial charge in [-0.25, -0.2) is 13.9 Å². The van der Waals surface area contributed by atoms with Crippen LogP contribution in [0, 0.1) is 5.82 Å². The van der Waals surface area contributed by atoms with Gasteiger partial charge in [0.05, 0.1) is 30.3 Å². The number of nitrogens with zero attached hydrogens (tertiary/aromatic N) is 4. The van der Waals surface area contributed by atoms with Gasteiger partial charge in [0.15, 0.2) is 11.5 Å². The molecule has 1 saturated heterocycles. The van der Waals surface area contributed by atoms with Crippen LogP contribution in [0.5, 0.6) is 0 Å². The maximum absolute atomic E-state index is 14.3. The molecular weight excluding hydrogens is 373 g/mol. The number of aliphatic hydroxyl groups is 1. The van der Waals surface area contributed by atoms with Crippen LogP contribution in [0.3, 0.4) is 0 Å². The van der Waals surface area contributed by atoms with Crippen molar-refractivity contribution in [3.05, 3.63) is 52.6 Å². The minimum absolute atomic E-state index is 0.0309. The Labute approximate surface area is 168 Å². The molecule has 4 rings (SSSR count). The van der Waals surface area contributed by atoms with E-state index in [1.54, 1.807) is 10.6 Å². The number of fused-ring (bicyclic) bond motifs is 1. The van der Waals surface area contributed by atoms with E-state index in [2.05, 4.69) is 9.88 Å². The van der Waals surface area contributed by atoms with Gasteiger partial charge in [-0.2, -0.15) is 0 Å². The summed E-state index contributed by atoms with van der Waals surface area (Å²) in [6.45, 7) is 4.70. The van der Waals surface area contributed by atoms with Crippen molar-refractivity contribution in [2.24, 2.45) is 0 Å². The molecule has 0 unspecified atom stereocenters. The number of morpholine rings is 1. The van der Waals surface area contributed by atoms with Crippen molar-refractivity contribution in [1.82, 2.24) is 14.6 Å². The second kappa shape index (κ2) is 8.34. The zero-order chi connectivity index (χ0) is 20.4. The van der Waals surface area contributed by atoms with Gasteiger partial charge in [-0.15, -0.1) is 5.10 Å². The van der Waals surface area contributed by atoms with Crippen LogP contribution in [0.25, 0.3) is 5.65 Å². The monoisotopic (exact) mass is 399 g/mol. The lowest BCUT2D eigenvalue weighted by atomic mass is 9.99. The second-order valence-corrected chi connectivity index (χ2v) is 7.18. The van der Waals surface area contributed by atoms with E-state index in [4.69, 9.17) is 15.6 Å². The number of nitrogens with two attached hydrogens (primary N) is 1. The lowest BCUT2D eigenvalue weighted by molar-refractivity contribution is 0.122. The number of halogens is 1. The van der Waals surface area contributed by atoms with E-state index in [-0.39, 0.29) is 12.4 Å². The molecule has 1 aliphatic heterocycles. The molecule has 0 radical (unpaired) electrons. The average molecular weight is 399 g/mol. The third-order valence-corrected chi connectivity index (χ3v) is 5.39. The smallest absolute Gasteiger partial charge is 0.177 e. The van der Waals surface area contributed by atoms with Crippen molar-refractivity contribution < 1.29 is 14.2 Å². The van der Waals surface area contributed by atoms with Crippen LogP contribution >= 0.6 is 0 Å². The zero-order valence-electron chi connectivity index (χ0n) is 16.6. The number of hydrogen-bond donors (Lipinski definition) is 2. The Hall–Kier alpha value is -2.71. The number of benzene rings is 1. The van der Waals surface area contributed by atoms with Gasteiger partial charge < -0.3 is 20.5 Å². The Kier molecular flexibility index (Phi) is 5.64. The van der Waals surface area contributed by atoms with Crippen LogP contribution in [-0.2, 0) is 24.0 Å². The molecule has 29 heavy (non-hydrogen) atoms. The molecule has 1 aliphatic rings. The van der Waals surface area contributed by atoms with Crippen LogP contribution in [0.15, 0.2) is 24.3 Å². The Bertz CT molecular complexity index is 1010. The first-order chi connectivity index (χ1) is 14.1. The number of anilines is 2. The molecule has 3 heterocycles. The number of aliphatic hydroxyl groups excluding tert-OH is 1. The molecule has 7 nitrogen and oxygen atoms in total. The summed E-state index contributed by atoms with van der Waals surface area (Å²) < 4.78 is 21.5. The van der Waals surface area contributed by atoms with Gasteiger partial charge in [-0.1, -0.05) is 19.1 Å². The zero-order valence-corrected chi connectivity index (χ0v) is 16.6. The molecule has 3 N–H and O–H groups in total. The Morgan fingerprint density at radius 3 is 2.79 bits per heavy atom. The van der Waals surface area contributed by atoms with Crippen molar-refractivity contribution in [2.75, 3.05) is 43.5 Å². The lowest BCUT2D eigenvalue weighted by Gasteiger charge is -2.27. The predicted octanol–water partition coefficient (Wildman–Crippen LogP) is 1.98. The molecule has 8 heteroatoms. The minimum Gasteiger partial charge on any atom is -0.396 e. The van der Waals surface area contributed by atoms with Crippen molar-refractivity contribution in [3.8, 4) is 0 Å². The van der Waals surface area contributed by atoms with Gasteiger partial charge in [0, 0.05) is 38.6 Å². The van der Waals surface area contributed by atoms with E-state index in [9.17, 15) is 9.50 Å². The maximum Gasteiger partial charge on any atom is 0.177 e. The third kappa shape index (κ3) is 3.77. The molecule has 0 bridgehead atoms. The summed E-state index contributed by atoms with van der Waals surface area (Å²) >= 11 is 0. The van der Waals surface area contributed by atoms with Crippen molar-refractivity contribution in [1.29, 1.82) is 0 Å². The fourth-order valence-electron chi connectivity index (χ4n) is 3.89. The first-order valence-corrected chi connectivity index (χ1v) is 9.99. The van der Waals surface area contributed by atoms with E-state index in [0.717, 1.165) is 35.9 Å². The number of hydrogen-bond acceptors (Lipinski definition) is 6. The standard InChI is InChI=1S/C21H26FN5O2/c1-2-15-14(4-3-5-16(15)22)12-19-18(6-9-28)24-21-17(23)13-20(25-27(19)21)26-7-10-29-11-8-26/h3-5,13,28H,2,6-12,23H2,1H3. The summed E-state index contributed by atoms with van der Waals surface area (Å²) in [7, 11) is 0. The van der Waals surface area contributed by atoms with Crippen LogP contribution < -0.4 is 10.6 Å². The first kappa shape index (κ1) is 19.6. The van der Waals surface area contributed by atoms with Gasteiger partial charge >= 0.3 is 0 Å². The van der Waals surface area contributed by atoms with E-state index in [0.29, 0.717) is 49.4 Å². The quantitative estimate of drug-likeness (QED) is 0.659. The fraction of sp³-hybridized carbons (Fsp3) is 0.429. The number of aromatic nitrogens is 3. The molecule has 0 aliphatic carbocycles. The summed E-state index contributed by atoms with van der Waals surface area (Å²) in [5.41, 5.74) is 10.6. The number of imidazole rings is 1. The summed E-state index contributed by atoms with van der Waals surface area (Å²) in [5, 5.41) is 14.3. The summed E-state index contributed by atoms with van der Waals surface area (Å²) in [4.78, 5) is 6.77. The molecule has 154 valence electrons. The minimum atomic E-state index is -0.205. The summed E-state index contributed by atoms with van der Waals surface area (Å²) in [6.07, 6.45) is 1.46. The summed E-state index contributed by atoms with van der Waals surface area (Å²) in [5.74, 6) is 0.562. The largest absolute Gasteiger partial charge is 0.396 e. The molecule has 3 aromatic rings. The number of nitrogen functional groups attached to an aromatic ring is 1. The SMILES string of the molecule is CCc1c(F)cccc1Cc1c(CCO)nc2c(N)cc(N3CCOCC3)nn12. The van der Waals surface area contributed by atoms with Crippen LogP contribution in [0.2, 0.25) is 0 Å². The highest BCUT2D eigenvalue weighted by Crippen LogP contribution is 2.26. The maximum atomic E-state index is 14.3. The molecular formula is C21H26FN5O2. The molecule has 0 atom stereocenters. The Morgan fingerprint density at radius 1 is 1.28 bits per heavy atom. The van der Waals surface area contributed by atoms with Gasteiger partial charge in [-0.3, -0.25) is 0 Å². The normalized spacial score (nSPS) is 14.7. The third-order valence-electron chi connectivity index (χ3n) is 5.39. The summed E-state index contributed by atoms with van der Waals surface area (Å²) in [6, 6.07) is 6.97. The van der Waals surface area contributed by atoms with E-state index < -0.39 is 0 Å². The molecule has 1 fully saturated rings. The van der Waals surface area contributed by atoms with Gasteiger partial charge in [0.2, 0.25) is 0 Å². The van der Waals surface area contributed by atoms with Crippen LogP contribution in [-0.4, -0.2) is 52.6 Å².